The fraction of sp³-hybridized carbons (Fsp3) is 0.500. The van der Waals surface area contributed by atoms with E-state index in [1.165, 1.54) is 0 Å². The average molecular weight is 563 g/mol. The number of carbonyl (C=O) groups is 2. The molecule has 5 rings (SSSR count). The van der Waals surface area contributed by atoms with Crippen LogP contribution in [0.15, 0.2) is 48.7 Å². The number of fused-ring (bicyclic) bond motifs is 1. The first-order chi connectivity index (χ1) is 20.1. The van der Waals surface area contributed by atoms with Gasteiger partial charge >= 0.3 is 6.03 Å². The Labute approximate surface area is 242 Å². The van der Waals surface area contributed by atoms with Crippen molar-refractivity contribution >= 4 is 28.5 Å². The number of methoxy groups -OCH3 is 1. The molecule has 41 heavy (non-hydrogen) atoms. The lowest BCUT2D eigenvalue weighted by Gasteiger charge is -2.36. The highest BCUT2D eigenvalue weighted by Crippen LogP contribution is 2.34. The summed E-state index contributed by atoms with van der Waals surface area (Å²) in [7, 11) is 1.63. The van der Waals surface area contributed by atoms with E-state index in [0.29, 0.717) is 64.0 Å². The van der Waals surface area contributed by atoms with Crippen LogP contribution in [0.1, 0.15) is 44.6 Å². The van der Waals surface area contributed by atoms with Gasteiger partial charge in [0, 0.05) is 68.2 Å². The Kier molecular flexibility index (Phi) is 9.67. The maximum atomic E-state index is 13.7. The lowest BCUT2D eigenvalue weighted by Crippen LogP contribution is -2.49. The van der Waals surface area contributed by atoms with E-state index in [9.17, 15) is 9.59 Å². The smallest absolute Gasteiger partial charge is 0.324 e. The Morgan fingerprint density at radius 2 is 1.88 bits per heavy atom. The van der Waals surface area contributed by atoms with Crippen LogP contribution in [0.2, 0.25) is 0 Å². The van der Waals surface area contributed by atoms with Crippen LogP contribution in [-0.4, -0.2) is 79.4 Å². The van der Waals surface area contributed by atoms with E-state index in [1.807, 2.05) is 55.8 Å². The average Bonchev–Trinajstić information content (AvgIpc) is 3.20. The van der Waals surface area contributed by atoms with Gasteiger partial charge in [-0.05, 0) is 49.1 Å². The molecule has 3 amide bonds. The van der Waals surface area contributed by atoms with Crippen LogP contribution < -0.4 is 14.4 Å². The number of hydrogen-bond donors (Lipinski definition) is 0. The summed E-state index contributed by atoms with van der Waals surface area (Å²) in [6.07, 6.45) is 6.94. The van der Waals surface area contributed by atoms with Gasteiger partial charge in [-0.15, -0.1) is 0 Å². The molecule has 9 nitrogen and oxygen atoms in total. The molecule has 220 valence electrons. The van der Waals surface area contributed by atoms with Crippen molar-refractivity contribution in [3.8, 4) is 11.5 Å². The SMILES string of the molecule is CCCCCOc1cc(N2CCCN(Cc3cccc4c3ccn4CC(=O)N3CCCOCC3)C2=O)ccc1OC. The van der Waals surface area contributed by atoms with E-state index in [0.717, 1.165) is 60.8 Å². The van der Waals surface area contributed by atoms with Crippen molar-refractivity contribution in [2.24, 2.45) is 0 Å². The first-order valence-corrected chi connectivity index (χ1v) is 14.9. The van der Waals surface area contributed by atoms with Crippen LogP contribution >= 0.6 is 0 Å². The fourth-order valence-electron chi connectivity index (χ4n) is 5.66. The Morgan fingerprint density at radius 3 is 2.73 bits per heavy atom. The number of benzene rings is 2. The number of hydrogen-bond acceptors (Lipinski definition) is 5. The highest BCUT2D eigenvalue weighted by Gasteiger charge is 2.28. The van der Waals surface area contributed by atoms with Gasteiger partial charge in [-0.1, -0.05) is 31.9 Å². The summed E-state index contributed by atoms with van der Waals surface area (Å²) >= 11 is 0. The normalized spacial score (nSPS) is 16.2. The number of aromatic nitrogens is 1. The highest BCUT2D eigenvalue weighted by molar-refractivity contribution is 5.93. The van der Waals surface area contributed by atoms with Crippen molar-refractivity contribution < 1.29 is 23.8 Å². The van der Waals surface area contributed by atoms with Crippen molar-refractivity contribution in [1.82, 2.24) is 14.4 Å². The summed E-state index contributed by atoms with van der Waals surface area (Å²) in [6, 6.07) is 13.9. The third-order valence-corrected chi connectivity index (χ3v) is 7.92. The van der Waals surface area contributed by atoms with Gasteiger partial charge in [0.15, 0.2) is 11.5 Å². The van der Waals surface area contributed by atoms with Gasteiger partial charge < -0.3 is 28.6 Å². The molecule has 0 bridgehead atoms. The number of unbranched alkanes of at least 4 members (excludes halogenated alkanes) is 2. The minimum atomic E-state index is -0.0201. The quantitative estimate of drug-likeness (QED) is 0.297. The van der Waals surface area contributed by atoms with Gasteiger partial charge in [-0.2, -0.15) is 0 Å². The molecule has 9 heteroatoms. The lowest BCUT2D eigenvalue weighted by molar-refractivity contribution is -0.131. The molecule has 0 radical (unpaired) electrons. The third kappa shape index (κ3) is 6.78. The molecule has 0 atom stereocenters. The van der Waals surface area contributed by atoms with Gasteiger partial charge in [-0.25, -0.2) is 4.79 Å². The minimum Gasteiger partial charge on any atom is -0.493 e. The van der Waals surface area contributed by atoms with E-state index in [2.05, 4.69) is 19.1 Å². The van der Waals surface area contributed by atoms with E-state index < -0.39 is 0 Å². The van der Waals surface area contributed by atoms with Crippen molar-refractivity contribution in [3.05, 3.63) is 54.2 Å². The van der Waals surface area contributed by atoms with Crippen LogP contribution in [-0.2, 0) is 22.6 Å². The molecule has 0 aliphatic carbocycles. The molecule has 0 unspecified atom stereocenters. The molecule has 0 spiro atoms. The van der Waals surface area contributed by atoms with Crippen molar-refractivity contribution in [1.29, 1.82) is 0 Å². The van der Waals surface area contributed by atoms with Crippen molar-refractivity contribution in [2.45, 2.75) is 52.1 Å². The summed E-state index contributed by atoms with van der Waals surface area (Å²) in [4.78, 5) is 32.3. The molecule has 3 heterocycles. The topological polar surface area (TPSA) is 76.5 Å². The fourth-order valence-corrected chi connectivity index (χ4v) is 5.66. The van der Waals surface area contributed by atoms with Crippen LogP contribution in [0.4, 0.5) is 10.5 Å². The van der Waals surface area contributed by atoms with Gasteiger partial charge in [0.1, 0.15) is 6.54 Å². The zero-order valence-electron chi connectivity index (χ0n) is 24.3. The van der Waals surface area contributed by atoms with Gasteiger partial charge in [0.05, 0.1) is 20.3 Å². The summed E-state index contributed by atoms with van der Waals surface area (Å²) < 4.78 is 19.1. The molecule has 2 aliphatic heterocycles. The van der Waals surface area contributed by atoms with E-state index in [4.69, 9.17) is 14.2 Å². The summed E-state index contributed by atoms with van der Waals surface area (Å²) in [5.41, 5.74) is 2.89. The standard InChI is InChI=1S/C32H42N4O5/c1-3-4-5-20-41-30-22-26(11-12-29(30)39-2)36-16-7-14-35(32(36)38)23-25-9-6-10-28-27(25)13-17-34(28)24-31(37)33-15-8-19-40-21-18-33/h6,9-13,17,22H,3-5,7-8,14-16,18-21,23-24H2,1-2H3. The molecule has 0 saturated carbocycles. The highest BCUT2D eigenvalue weighted by atomic mass is 16.5. The first kappa shape index (κ1) is 28.8. The van der Waals surface area contributed by atoms with Crippen molar-refractivity contribution in [2.75, 3.05) is 58.0 Å². The molecule has 2 aromatic carbocycles. The summed E-state index contributed by atoms with van der Waals surface area (Å²) in [5, 5.41) is 1.07. The summed E-state index contributed by atoms with van der Waals surface area (Å²) in [5.74, 6) is 1.44. The van der Waals surface area contributed by atoms with Gasteiger partial charge in [-0.3, -0.25) is 9.69 Å². The predicted molar refractivity (Wildman–Crippen MR) is 160 cm³/mol. The van der Waals surface area contributed by atoms with Gasteiger partial charge in [0.25, 0.3) is 0 Å². The maximum Gasteiger partial charge on any atom is 0.324 e. The predicted octanol–water partition coefficient (Wildman–Crippen LogP) is 5.30. The van der Waals surface area contributed by atoms with E-state index >= 15 is 0 Å². The van der Waals surface area contributed by atoms with Crippen LogP contribution in [0.5, 0.6) is 11.5 Å². The molecule has 3 aromatic rings. The molecular formula is C32H42N4O5. The Hall–Kier alpha value is -3.72. The third-order valence-electron chi connectivity index (χ3n) is 7.92. The second-order valence-corrected chi connectivity index (χ2v) is 10.7. The van der Waals surface area contributed by atoms with E-state index in [-0.39, 0.29) is 11.9 Å². The first-order valence-electron chi connectivity index (χ1n) is 14.9. The van der Waals surface area contributed by atoms with Crippen LogP contribution in [0.25, 0.3) is 10.9 Å². The number of carbonyl (C=O) groups excluding carboxylic acids is 2. The Bertz CT molecular complexity index is 1330. The van der Waals surface area contributed by atoms with Crippen molar-refractivity contribution in [3.63, 3.8) is 0 Å². The molecular weight excluding hydrogens is 520 g/mol. The second kappa shape index (κ2) is 13.8. The summed E-state index contributed by atoms with van der Waals surface area (Å²) in [6.45, 7) is 7.60. The maximum absolute atomic E-state index is 13.7. The second-order valence-electron chi connectivity index (χ2n) is 10.7. The van der Waals surface area contributed by atoms with E-state index in [1.54, 1.807) is 7.11 Å². The number of rotatable bonds is 11. The zero-order chi connectivity index (χ0) is 28.6. The largest absolute Gasteiger partial charge is 0.493 e. The number of amides is 3. The monoisotopic (exact) mass is 562 g/mol. The molecule has 2 fully saturated rings. The Balaban J connectivity index is 1.29. The molecule has 2 saturated heterocycles. The van der Waals surface area contributed by atoms with Crippen LogP contribution in [0.3, 0.4) is 0 Å². The number of anilines is 1. The Morgan fingerprint density at radius 1 is 0.976 bits per heavy atom. The molecule has 1 aromatic heterocycles. The minimum absolute atomic E-state index is 0.0201. The van der Waals surface area contributed by atoms with Crippen LogP contribution in [0, 0.1) is 0 Å². The van der Waals surface area contributed by atoms with Gasteiger partial charge in [0.2, 0.25) is 5.91 Å². The number of ether oxygens (including phenoxy) is 3. The number of urea groups is 1. The number of nitrogens with zero attached hydrogens (tertiary/aromatic N) is 4. The molecule has 0 N–H and O–H groups in total. The zero-order valence-corrected chi connectivity index (χ0v) is 24.3. The molecule has 2 aliphatic rings. The lowest BCUT2D eigenvalue weighted by atomic mass is 10.1.